The Bertz CT molecular complexity index is 907. The number of halogens is 1. The summed E-state index contributed by atoms with van der Waals surface area (Å²) < 4.78 is 5.88. The lowest BCUT2D eigenvalue weighted by Gasteiger charge is -2.27. The monoisotopic (exact) mass is 521 g/mol. The summed E-state index contributed by atoms with van der Waals surface area (Å²) in [6.45, 7) is 1.28. The number of benzene rings is 1. The minimum absolute atomic E-state index is 0. The van der Waals surface area contributed by atoms with Crippen molar-refractivity contribution >= 4 is 36.0 Å². The molecule has 3 rings (SSSR count). The molecule has 0 spiro atoms. The standard InChI is InChI=1S/C27H39N3O5.ClH/c28-18-11-9-7-5-3-1-2-4-6-8-10-12-19-35-22-15-13-14-20-24(22)27(34)30(26(20)33)21-16-17-23(31)29-25(21)32;/h13-15,21H,1-12,16-19,28H2,(H,29,31,32);1H. The fourth-order valence-corrected chi connectivity index (χ4v) is 4.80. The number of unbranched alkanes of at least 4 members (excludes halogenated alkanes) is 11. The first kappa shape index (κ1) is 29.8. The third-order valence-electron chi connectivity index (χ3n) is 6.79. The topological polar surface area (TPSA) is 119 Å². The summed E-state index contributed by atoms with van der Waals surface area (Å²) in [5.41, 5.74) is 5.97. The molecule has 0 aliphatic carbocycles. The Morgan fingerprint density at radius 3 is 2.00 bits per heavy atom. The highest BCUT2D eigenvalue weighted by Crippen LogP contribution is 2.33. The molecule has 200 valence electrons. The molecule has 0 bridgehead atoms. The van der Waals surface area contributed by atoms with E-state index < -0.39 is 23.8 Å². The third kappa shape index (κ3) is 8.03. The van der Waals surface area contributed by atoms with Gasteiger partial charge in [0.05, 0.1) is 17.7 Å². The predicted molar refractivity (Wildman–Crippen MR) is 140 cm³/mol. The van der Waals surface area contributed by atoms with E-state index in [1.165, 1.54) is 51.4 Å². The van der Waals surface area contributed by atoms with Crippen molar-refractivity contribution in [3.63, 3.8) is 0 Å². The predicted octanol–water partition coefficient (Wildman–Crippen LogP) is 4.53. The van der Waals surface area contributed by atoms with Crippen molar-refractivity contribution in [1.82, 2.24) is 10.2 Å². The molecule has 8 nitrogen and oxygen atoms in total. The molecule has 1 fully saturated rings. The minimum Gasteiger partial charge on any atom is -0.493 e. The molecule has 2 heterocycles. The highest BCUT2D eigenvalue weighted by Gasteiger charge is 2.45. The van der Waals surface area contributed by atoms with Crippen LogP contribution in [-0.2, 0) is 9.59 Å². The number of rotatable bonds is 16. The van der Waals surface area contributed by atoms with Gasteiger partial charge in [0.15, 0.2) is 0 Å². The number of carbonyl (C=O) groups is 4. The van der Waals surface area contributed by atoms with Crippen molar-refractivity contribution in [2.45, 2.75) is 95.9 Å². The first-order chi connectivity index (χ1) is 17.0. The van der Waals surface area contributed by atoms with E-state index in [2.05, 4.69) is 5.32 Å². The van der Waals surface area contributed by atoms with Crippen molar-refractivity contribution in [2.24, 2.45) is 5.73 Å². The molecule has 1 aromatic carbocycles. The molecule has 2 aliphatic heterocycles. The maximum Gasteiger partial charge on any atom is 0.266 e. The van der Waals surface area contributed by atoms with Crippen molar-refractivity contribution in [3.8, 4) is 5.75 Å². The summed E-state index contributed by atoms with van der Waals surface area (Å²) in [5.74, 6) is -1.67. The number of nitrogens with one attached hydrogen (secondary N) is 1. The zero-order valence-corrected chi connectivity index (χ0v) is 21.9. The van der Waals surface area contributed by atoms with Gasteiger partial charge in [0.2, 0.25) is 11.8 Å². The molecule has 2 aliphatic rings. The molecule has 0 radical (unpaired) electrons. The maximum absolute atomic E-state index is 13.1. The van der Waals surface area contributed by atoms with Crippen molar-refractivity contribution in [3.05, 3.63) is 29.3 Å². The van der Waals surface area contributed by atoms with Gasteiger partial charge in [-0.2, -0.15) is 0 Å². The van der Waals surface area contributed by atoms with E-state index in [0.29, 0.717) is 12.4 Å². The summed E-state index contributed by atoms with van der Waals surface area (Å²) in [5, 5.41) is 2.21. The van der Waals surface area contributed by atoms with Gasteiger partial charge in [-0.3, -0.25) is 29.4 Å². The lowest BCUT2D eigenvalue weighted by Crippen LogP contribution is -2.54. The number of imide groups is 2. The summed E-state index contributed by atoms with van der Waals surface area (Å²) in [7, 11) is 0. The van der Waals surface area contributed by atoms with Crippen LogP contribution in [0.5, 0.6) is 5.75 Å². The van der Waals surface area contributed by atoms with E-state index in [1.54, 1.807) is 18.2 Å². The molecular formula is C27H40ClN3O5. The average molecular weight is 522 g/mol. The van der Waals surface area contributed by atoms with Crippen LogP contribution < -0.4 is 15.8 Å². The van der Waals surface area contributed by atoms with E-state index in [-0.39, 0.29) is 42.3 Å². The van der Waals surface area contributed by atoms with E-state index in [0.717, 1.165) is 37.1 Å². The fraction of sp³-hybridized carbons (Fsp3) is 0.630. The lowest BCUT2D eigenvalue weighted by molar-refractivity contribution is -0.136. The number of carbonyl (C=O) groups excluding carboxylic acids is 4. The normalized spacial score (nSPS) is 17.1. The van der Waals surface area contributed by atoms with Gasteiger partial charge in [0.25, 0.3) is 11.8 Å². The fourth-order valence-electron chi connectivity index (χ4n) is 4.80. The second-order valence-corrected chi connectivity index (χ2v) is 9.51. The van der Waals surface area contributed by atoms with Crippen LogP contribution in [0.1, 0.15) is 111 Å². The number of nitrogens with zero attached hydrogens (tertiary/aromatic N) is 1. The van der Waals surface area contributed by atoms with Gasteiger partial charge >= 0.3 is 0 Å². The Balaban J connectivity index is 0.00000456. The number of amides is 4. The van der Waals surface area contributed by atoms with Gasteiger partial charge in [-0.05, 0) is 37.9 Å². The van der Waals surface area contributed by atoms with Crippen LogP contribution in [-0.4, -0.2) is 47.7 Å². The molecular weight excluding hydrogens is 482 g/mol. The first-order valence-electron chi connectivity index (χ1n) is 13.2. The highest BCUT2D eigenvalue weighted by molar-refractivity contribution is 6.24. The number of piperidine rings is 1. The number of ether oxygens (including phenoxy) is 1. The van der Waals surface area contributed by atoms with E-state index in [1.807, 2.05) is 0 Å². The van der Waals surface area contributed by atoms with E-state index in [9.17, 15) is 19.2 Å². The Morgan fingerprint density at radius 2 is 1.42 bits per heavy atom. The second kappa shape index (κ2) is 15.6. The van der Waals surface area contributed by atoms with Crippen LogP contribution in [0.3, 0.4) is 0 Å². The smallest absolute Gasteiger partial charge is 0.266 e. The van der Waals surface area contributed by atoms with Crippen LogP contribution in [0.25, 0.3) is 0 Å². The van der Waals surface area contributed by atoms with E-state index >= 15 is 0 Å². The first-order valence-corrected chi connectivity index (χ1v) is 13.2. The van der Waals surface area contributed by atoms with Gasteiger partial charge in [-0.1, -0.05) is 70.3 Å². The van der Waals surface area contributed by atoms with Gasteiger partial charge < -0.3 is 10.5 Å². The zero-order chi connectivity index (χ0) is 25.0. The molecule has 1 unspecified atom stereocenters. The second-order valence-electron chi connectivity index (χ2n) is 9.51. The van der Waals surface area contributed by atoms with Crippen LogP contribution in [0, 0.1) is 0 Å². The minimum atomic E-state index is -0.968. The summed E-state index contributed by atoms with van der Waals surface area (Å²) >= 11 is 0. The molecule has 3 N–H and O–H groups in total. The van der Waals surface area contributed by atoms with Crippen LogP contribution >= 0.6 is 12.4 Å². The molecule has 4 amide bonds. The summed E-state index contributed by atoms with van der Waals surface area (Å²) in [4.78, 5) is 50.6. The molecule has 0 aromatic heterocycles. The Hall–Kier alpha value is -2.45. The van der Waals surface area contributed by atoms with Gasteiger partial charge in [-0.15, -0.1) is 12.4 Å². The van der Waals surface area contributed by atoms with E-state index in [4.69, 9.17) is 10.5 Å². The Morgan fingerprint density at radius 1 is 0.833 bits per heavy atom. The maximum atomic E-state index is 13.1. The quantitative estimate of drug-likeness (QED) is 0.244. The summed E-state index contributed by atoms with van der Waals surface area (Å²) in [6, 6.07) is 3.98. The average Bonchev–Trinajstić information content (AvgIpc) is 3.10. The molecule has 1 saturated heterocycles. The van der Waals surface area contributed by atoms with Crippen LogP contribution in [0.4, 0.5) is 0 Å². The molecule has 1 aromatic rings. The van der Waals surface area contributed by atoms with Crippen molar-refractivity contribution in [1.29, 1.82) is 0 Å². The Labute approximate surface area is 220 Å². The van der Waals surface area contributed by atoms with Crippen LogP contribution in [0.2, 0.25) is 0 Å². The van der Waals surface area contributed by atoms with Gasteiger partial charge in [-0.25, -0.2) is 0 Å². The highest BCUT2D eigenvalue weighted by atomic mass is 35.5. The number of hydrogen-bond acceptors (Lipinski definition) is 6. The molecule has 36 heavy (non-hydrogen) atoms. The third-order valence-corrected chi connectivity index (χ3v) is 6.79. The van der Waals surface area contributed by atoms with Gasteiger partial charge in [0, 0.05) is 6.42 Å². The van der Waals surface area contributed by atoms with Crippen LogP contribution in [0.15, 0.2) is 18.2 Å². The zero-order valence-electron chi connectivity index (χ0n) is 21.1. The number of nitrogens with two attached hydrogens (primary N) is 1. The molecule has 0 saturated carbocycles. The van der Waals surface area contributed by atoms with Crippen molar-refractivity contribution < 1.29 is 23.9 Å². The SMILES string of the molecule is Cl.NCCCCCCCCCCCCCCOc1cccc2c1C(=O)N(C1CCC(=O)NC1=O)C2=O. The summed E-state index contributed by atoms with van der Waals surface area (Å²) in [6.07, 6.45) is 14.8. The largest absolute Gasteiger partial charge is 0.493 e. The lowest BCUT2D eigenvalue weighted by atomic mass is 10.0. The molecule has 1 atom stereocenters. The Kier molecular flexibility index (Phi) is 12.9. The van der Waals surface area contributed by atoms with Gasteiger partial charge in [0.1, 0.15) is 11.8 Å². The number of fused-ring (bicyclic) bond motifs is 1. The number of hydrogen-bond donors (Lipinski definition) is 2. The molecule has 9 heteroatoms. The van der Waals surface area contributed by atoms with Crippen molar-refractivity contribution in [2.75, 3.05) is 13.2 Å².